The molecule has 218 valence electrons. The Morgan fingerprint density at radius 3 is 2.17 bits per heavy atom. The fraction of sp³-hybridized carbons (Fsp3) is 0.226. The van der Waals surface area contributed by atoms with Crippen LogP contribution in [0.3, 0.4) is 0 Å². The van der Waals surface area contributed by atoms with Crippen LogP contribution in [0.4, 0.5) is 10.1 Å². The van der Waals surface area contributed by atoms with Crippen molar-refractivity contribution in [2.75, 3.05) is 23.6 Å². The third-order valence-electron chi connectivity index (χ3n) is 7.14. The quantitative estimate of drug-likeness (QED) is 0.210. The summed E-state index contributed by atoms with van der Waals surface area (Å²) < 4.78 is 43.0. The van der Waals surface area contributed by atoms with Crippen molar-refractivity contribution in [2.45, 2.75) is 19.0 Å². The molecule has 0 aliphatic carbocycles. The normalized spacial score (nSPS) is 14.8. The number of pyridine rings is 1. The molecule has 1 aliphatic heterocycles. The second kappa shape index (κ2) is 12.8. The maximum atomic E-state index is 14.4. The average Bonchev–Trinajstić information content (AvgIpc) is 2.93. The number of hydrogen-bond acceptors (Lipinski definition) is 5. The summed E-state index contributed by atoms with van der Waals surface area (Å²) in [7, 11) is -3.83. The van der Waals surface area contributed by atoms with Crippen LogP contribution in [-0.4, -0.2) is 43.1 Å². The number of halogens is 3. The predicted octanol–water partition coefficient (Wildman–Crippen LogP) is 6.48. The molecule has 2 heterocycles. The highest BCUT2D eigenvalue weighted by Gasteiger charge is 2.36. The first-order valence-corrected chi connectivity index (χ1v) is 15.7. The summed E-state index contributed by atoms with van der Waals surface area (Å²) in [5, 5.41) is 4.05. The van der Waals surface area contributed by atoms with E-state index in [1.807, 2.05) is 54.6 Å². The molecule has 1 atom stereocenters. The fourth-order valence-electron chi connectivity index (χ4n) is 5.14. The van der Waals surface area contributed by atoms with Gasteiger partial charge in [-0.15, -0.1) is 0 Å². The van der Waals surface area contributed by atoms with Gasteiger partial charge >= 0.3 is 0 Å². The van der Waals surface area contributed by atoms with E-state index in [0.29, 0.717) is 23.1 Å². The van der Waals surface area contributed by atoms with E-state index in [-0.39, 0.29) is 35.0 Å². The highest BCUT2D eigenvalue weighted by molar-refractivity contribution is 7.92. The van der Waals surface area contributed by atoms with Crippen molar-refractivity contribution >= 4 is 44.8 Å². The van der Waals surface area contributed by atoms with Gasteiger partial charge in [0.2, 0.25) is 10.0 Å². The van der Waals surface area contributed by atoms with Gasteiger partial charge in [0.15, 0.2) is 0 Å². The van der Waals surface area contributed by atoms with E-state index in [1.165, 1.54) is 6.07 Å². The lowest BCUT2D eigenvalue weighted by Gasteiger charge is -2.44. The van der Waals surface area contributed by atoms with Crippen molar-refractivity contribution < 1.29 is 17.6 Å². The zero-order valence-corrected chi connectivity index (χ0v) is 25.0. The molecule has 3 aromatic carbocycles. The highest BCUT2D eigenvalue weighted by atomic mass is 35.5. The topological polar surface area (TPSA) is 91.4 Å². The summed E-state index contributed by atoms with van der Waals surface area (Å²) in [6.07, 6.45) is 3.26. The Balaban J connectivity index is 1.23. The van der Waals surface area contributed by atoms with E-state index in [9.17, 15) is 17.6 Å². The minimum atomic E-state index is -3.83. The van der Waals surface area contributed by atoms with Crippen molar-refractivity contribution in [3.05, 3.63) is 129 Å². The number of sulfonamides is 1. The summed E-state index contributed by atoms with van der Waals surface area (Å²) >= 11 is 12.2. The Morgan fingerprint density at radius 2 is 1.60 bits per heavy atom. The standard InChI is InChI=1S/C31H29Cl2FN4O3S/c1-20(24-3-2-12-35-16-24)36-31(39)25-13-28(34)15-29(14-25)37-42(40,41)19-21-17-38(18-21)30(22-4-8-26(32)9-5-22)23-6-10-27(33)11-7-23/h2-16,20-21,30,37H,17-19H2,1H3,(H,36,39). The maximum absolute atomic E-state index is 14.4. The zero-order chi connectivity index (χ0) is 29.9. The van der Waals surface area contributed by atoms with Crippen molar-refractivity contribution in [2.24, 2.45) is 5.92 Å². The largest absolute Gasteiger partial charge is 0.345 e. The second-order valence-electron chi connectivity index (χ2n) is 10.4. The molecule has 1 unspecified atom stereocenters. The van der Waals surface area contributed by atoms with Gasteiger partial charge < -0.3 is 5.32 Å². The molecular formula is C31H29Cl2FN4O3S. The van der Waals surface area contributed by atoms with Gasteiger partial charge in [0.25, 0.3) is 5.91 Å². The molecule has 4 aromatic rings. The summed E-state index contributed by atoms with van der Waals surface area (Å²) in [6, 6.07) is 21.7. The van der Waals surface area contributed by atoms with Gasteiger partial charge in [-0.1, -0.05) is 53.5 Å². The van der Waals surface area contributed by atoms with Gasteiger partial charge in [-0.3, -0.25) is 19.4 Å². The summed E-state index contributed by atoms with van der Waals surface area (Å²) in [5.41, 5.74) is 2.85. The van der Waals surface area contributed by atoms with Crippen LogP contribution in [0.5, 0.6) is 0 Å². The maximum Gasteiger partial charge on any atom is 0.251 e. The molecule has 1 aliphatic rings. The van der Waals surface area contributed by atoms with Crippen LogP contribution in [0.2, 0.25) is 10.0 Å². The van der Waals surface area contributed by atoms with Crippen molar-refractivity contribution in [3.8, 4) is 0 Å². The number of hydrogen-bond donors (Lipinski definition) is 2. The molecule has 1 fully saturated rings. The molecule has 0 spiro atoms. The van der Waals surface area contributed by atoms with Crippen LogP contribution in [0.15, 0.2) is 91.3 Å². The first kappa shape index (κ1) is 30.0. The van der Waals surface area contributed by atoms with E-state index < -0.39 is 21.7 Å². The SMILES string of the molecule is CC(NC(=O)c1cc(F)cc(NS(=O)(=O)CC2CN(C(c3ccc(Cl)cc3)c3ccc(Cl)cc3)C2)c1)c1cccnc1. The first-order valence-electron chi connectivity index (χ1n) is 13.3. The van der Waals surface area contributed by atoms with Crippen LogP contribution < -0.4 is 10.0 Å². The summed E-state index contributed by atoms with van der Waals surface area (Å²) in [5.74, 6) is -1.54. The number of aromatic nitrogens is 1. The third kappa shape index (κ3) is 7.46. The Bertz CT molecular complexity index is 1600. The second-order valence-corrected chi connectivity index (χ2v) is 13.1. The van der Waals surface area contributed by atoms with Crippen molar-refractivity contribution in [1.82, 2.24) is 15.2 Å². The Labute approximate surface area is 254 Å². The monoisotopic (exact) mass is 626 g/mol. The molecule has 0 radical (unpaired) electrons. The van der Waals surface area contributed by atoms with Gasteiger partial charge in [-0.2, -0.15) is 0 Å². The fourth-order valence-corrected chi connectivity index (χ4v) is 6.78. The van der Waals surface area contributed by atoms with E-state index in [1.54, 1.807) is 25.4 Å². The number of amides is 1. The average molecular weight is 628 g/mol. The number of rotatable bonds is 10. The Hall–Kier alpha value is -3.50. The van der Waals surface area contributed by atoms with Crippen LogP contribution in [0, 0.1) is 11.7 Å². The lowest BCUT2D eigenvalue weighted by atomic mass is 9.91. The summed E-state index contributed by atoms with van der Waals surface area (Å²) in [4.78, 5) is 19.0. The zero-order valence-electron chi connectivity index (χ0n) is 22.7. The molecule has 42 heavy (non-hydrogen) atoms. The predicted molar refractivity (Wildman–Crippen MR) is 164 cm³/mol. The highest BCUT2D eigenvalue weighted by Crippen LogP contribution is 2.36. The molecule has 7 nitrogen and oxygen atoms in total. The van der Waals surface area contributed by atoms with Crippen LogP contribution >= 0.6 is 23.2 Å². The number of carbonyl (C=O) groups excluding carboxylic acids is 1. The lowest BCUT2D eigenvalue weighted by molar-refractivity contribution is 0.0813. The number of nitrogens with zero attached hydrogens (tertiary/aromatic N) is 2. The Kier molecular flexibility index (Phi) is 9.13. The van der Waals surface area contributed by atoms with Gasteiger partial charge in [0, 0.05) is 47.0 Å². The molecule has 0 saturated carbocycles. The van der Waals surface area contributed by atoms with Crippen LogP contribution in [-0.2, 0) is 10.0 Å². The lowest BCUT2D eigenvalue weighted by Crippen LogP contribution is -2.51. The molecule has 11 heteroatoms. The molecule has 0 bridgehead atoms. The molecule has 1 saturated heterocycles. The smallest absolute Gasteiger partial charge is 0.251 e. The number of anilines is 1. The number of nitrogens with one attached hydrogen (secondary N) is 2. The van der Waals surface area contributed by atoms with Crippen molar-refractivity contribution in [1.29, 1.82) is 0 Å². The molecule has 5 rings (SSSR count). The van der Waals surface area contributed by atoms with Gasteiger partial charge in [0.1, 0.15) is 5.82 Å². The molecule has 1 amide bonds. The molecule has 2 N–H and O–H groups in total. The molecular weight excluding hydrogens is 598 g/mol. The summed E-state index contributed by atoms with van der Waals surface area (Å²) in [6.45, 7) is 2.86. The Morgan fingerprint density at radius 1 is 0.976 bits per heavy atom. The number of likely N-dealkylation sites (tertiary alicyclic amines) is 1. The minimum Gasteiger partial charge on any atom is -0.345 e. The van der Waals surface area contributed by atoms with Crippen LogP contribution in [0.25, 0.3) is 0 Å². The number of carbonyl (C=O) groups is 1. The first-order chi connectivity index (χ1) is 20.1. The van der Waals surface area contributed by atoms with Gasteiger partial charge in [0.05, 0.1) is 23.5 Å². The van der Waals surface area contributed by atoms with Gasteiger partial charge in [-0.25, -0.2) is 12.8 Å². The van der Waals surface area contributed by atoms with Crippen LogP contribution in [0.1, 0.15) is 46.1 Å². The van der Waals surface area contributed by atoms with E-state index in [2.05, 4.69) is 19.9 Å². The minimum absolute atomic E-state index is 0.00651. The van der Waals surface area contributed by atoms with Crippen molar-refractivity contribution in [3.63, 3.8) is 0 Å². The van der Waals surface area contributed by atoms with E-state index >= 15 is 0 Å². The third-order valence-corrected chi connectivity index (χ3v) is 9.10. The van der Waals surface area contributed by atoms with E-state index in [4.69, 9.17) is 23.2 Å². The molecule has 1 aromatic heterocycles. The van der Waals surface area contributed by atoms with Gasteiger partial charge in [-0.05, 0) is 72.1 Å². The number of benzene rings is 3. The van der Waals surface area contributed by atoms with E-state index in [0.717, 1.165) is 28.8 Å².